The Balaban J connectivity index is 1.65. The molecule has 1 aliphatic carbocycles. The lowest BCUT2D eigenvalue weighted by Gasteiger charge is -2.27. The SMILES string of the molecule is CCOc1ccc(C2CCC(/C=C/c3ccc(OC)c(F)c3F)CC2)c(F)c1F. The Kier molecular flexibility index (Phi) is 6.83. The van der Waals surface area contributed by atoms with Gasteiger partial charge in [0.25, 0.3) is 0 Å². The van der Waals surface area contributed by atoms with Crippen molar-refractivity contribution in [3.05, 3.63) is 64.7 Å². The average molecular weight is 408 g/mol. The summed E-state index contributed by atoms with van der Waals surface area (Å²) >= 11 is 0. The minimum absolute atomic E-state index is 0.0695. The quantitative estimate of drug-likeness (QED) is 0.499. The third kappa shape index (κ3) is 4.57. The summed E-state index contributed by atoms with van der Waals surface area (Å²) in [6.07, 6.45) is 6.33. The molecule has 0 spiro atoms. The van der Waals surface area contributed by atoms with E-state index in [1.165, 1.54) is 25.3 Å². The largest absolute Gasteiger partial charge is 0.494 e. The van der Waals surface area contributed by atoms with Crippen molar-refractivity contribution in [3.63, 3.8) is 0 Å². The maximum atomic E-state index is 14.4. The maximum Gasteiger partial charge on any atom is 0.201 e. The first-order valence-corrected chi connectivity index (χ1v) is 9.77. The molecule has 0 heterocycles. The zero-order valence-electron chi connectivity index (χ0n) is 16.5. The molecular weight excluding hydrogens is 384 g/mol. The predicted molar refractivity (Wildman–Crippen MR) is 104 cm³/mol. The second-order valence-corrected chi connectivity index (χ2v) is 7.17. The monoisotopic (exact) mass is 408 g/mol. The Labute approximate surface area is 168 Å². The van der Waals surface area contributed by atoms with Crippen LogP contribution >= 0.6 is 0 Å². The minimum Gasteiger partial charge on any atom is -0.494 e. The van der Waals surface area contributed by atoms with Gasteiger partial charge in [-0.2, -0.15) is 8.78 Å². The molecule has 2 aromatic rings. The molecule has 0 aromatic heterocycles. The number of benzene rings is 2. The van der Waals surface area contributed by atoms with Gasteiger partial charge in [-0.25, -0.2) is 8.78 Å². The van der Waals surface area contributed by atoms with Crippen molar-refractivity contribution in [3.8, 4) is 11.5 Å². The summed E-state index contributed by atoms with van der Waals surface area (Å²) in [5, 5.41) is 0. The number of methoxy groups -OCH3 is 1. The lowest BCUT2D eigenvalue weighted by atomic mass is 9.78. The summed E-state index contributed by atoms with van der Waals surface area (Å²) in [5.74, 6) is -3.84. The van der Waals surface area contributed by atoms with Gasteiger partial charge in [-0.1, -0.05) is 18.2 Å². The van der Waals surface area contributed by atoms with E-state index in [1.54, 1.807) is 19.1 Å². The summed E-state index contributed by atoms with van der Waals surface area (Å²) in [5.41, 5.74) is 0.529. The highest BCUT2D eigenvalue weighted by Gasteiger charge is 2.26. The third-order valence-electron chi connectivity index (χ3n) is 5.43. The number of rotatable bonds is 6. The molecule has 0 N–H and O–H groups in total. The zero-order valence-corrected chi connectivity index (χ0v) is 16.5. The average Bonchev–Trinajstić information content (AvgIpc) is 2.73. The van der Waals surface area contributed by atoms with Gasteiger partial charge >= 0.3 is 0 Å². The first kappa shape index (κ1) is 21.2. The number of halogens is 4. The van der Waals surface area contributed by atoms with Crippen LogP contribution < -0.4 is 9.47 Å². The van der Waals surface area contributed by atoms with Gasteiger partial charge in [0.1, 0.15) is 0 Å². The van der Waals surface area contributed by atoms with Gasteiger partial charge in [0.2, 0.25) is 11.6 Å². The van der Waals surface area contributed by atoms with Gasteiger partial charge < -0.3 is 9.47 Å². The molecule has 1 saturated carbocycles. The fourth-order valence-electron chi connectivity index (χ4n) is 3.82. The van der Waals surface area contributed by atoms with Crippen molar-refractivity contribution in [1.29, 1.82) is 0 Å². The Morgan fingerprint density at radius 2 is 1.52 bits per heavy atom. The summed E-state index contributed by atoms with van der Waals surface area (Å²) in [7, 11) is 1.28. The molecule has 156 valence electrons. The molecule has 0 unspecified atom stereocenters. The standard InChI is InChI=1S/C23H24F4O2/c1-3-29-19-13-11-17(21(25)23(19)27)15-7-4-14(5-8-15)6-9-16-10-12-18(28-2)22(26)20(16)24/h6,9-15H,3-5,7-8H2,1-2H3/b9-6+. The van der Waals surface area contributed by atoms with E-state index in [4.69, 9.17) is 9.47 Å². The van der Waals surface area contributed by atoms with Crippen LogP contribution in [0, 0.1) is 29.2 Å². The molecule has 0 saturated heterocycles. The van der Waals surface area contributed by atoms with Crippen molar-refractivity contribution in [2.24, 2.45) is 5.92 Å². The van der Waals surface area contributed by atoms with E-state index in [2.05, 4.69) is 0 Å². The van der Waals surface area contributed by atoms with Crippen LogP contribution in [0.5, 0.6) is 11.5 Å². The Hall–Kier alpha value is -2.50. The molecule has 0 radical (unpaired) electrons. The Bertz CT molecular complexity index is 887. The highest BCUT2D eigenvalue weighted by molar-refractivity contribution is 5.52. The van der Waals surface area contributed by atoms with Crippen LogP contribution in [0.4, 0.5) is 17.6 Å². The van der Waals surface area contributed by atoms with Crippen molar-refractivity contribution in [1.82, 2.24) is 0 Å². The Morgan fingerprint density at radius 3 is 2.17 bits per heavy atom. The number of ether oxygens (including phenoxy) is 2. The molecule has 2 nitrogen and oxygen atoms in total. The van der Waals surface area contributed by atoms with E-state index in [9.17, 15) is 17.6 Å². The smallest absolute Gasteiger partial charge is 0.201 e. The Morgan fingerprint density at radius 1 is 0.862 bits per heavy atom. The van der Waals surface area contributed by atoms with E-state index in [-0.39, 0.29) is 35.5 Å². The summed E-state index contributed by atoms with van der Waals surface area (Å²) in [4.78, 5) is 0. The lowest BCUT2D eigenvalue weighted by molar-refractivity contribution is 0.310. The lowest BCUT2D eigenvalue weighted by Crippen LogP contribution is -2.14. The molecular formula is C23H24F4O2. The second kappa shape index (κ2) is 9.33. The van der Waals surface area contributed by atoms with Crippen molar-refractivity contribution >= 4 is 6.08 Å². The summed E-state index contributed by atoms with van der Waals surface area (Å²) < 4.78 is 66.3. The second-order valence-electron chi connectivity index (χ2n) is 7.17. The van der Waals surface area contributed by atoms with Crippen molar-refractivity contribution in [2.75, 3.05) is 13.7 Å². The van der Waals surface area contributed by atoms with Crippen LogP contribution in [0.3, 0.4) is 0 Å². The van der Waals surface area contributed by atoms with Crippen LogP contribution in [0.2, 0.25) is 0 Å². The first-order chi connectivity index (χ1) is 14.0. The van der Waals surface area contributed by atoms with Gasteiger partial charge in [0.05, 0.1) is 13.7 Å². The molecule has 1 aliphatic rings. The number of hydrogen-bond donors (Lipinski definition) is 0. The fourth-order valence-corrected chi connectivity index (χ4v) is 3.82. The number of allylic oxidation sites excluding steroid dienone is 1. The van der Waals surface area contributed by atoms with Gasteiger partial charge in [0, 0.05) is 5.56 Å². The normalized spacial score (nSPS) is 19.5. The van der Waals surface area contributed by atoms with Crippen LogP contribution in [0.25, 0.3) is 6.08 Å². The van der Waals surface area contributed by atoms with Gasteiger partial charge in [-0.15, -0.1) is 0 Å². The van der Waals surface area contributed by atoms with E-state index in [0.29, 0.717) is 18.4 Å². The number of hydrogen-bond acceptors (Lipinski definition) is 2. The zero-order chi connectivity index (χ0) is 21.0. The van der Waals surface area contributed by atoms with E-state index in [0.717, 1.165) is 12.8 Å². The molecule has 3 rings (SSSR count). The molecule has 1 fully saturated rings. The molecule has 0 bridgehead atoms. The minimum atomic E-state index is -1.01. The molecule has 0 amide bonds. The van der Waals surface area contributed by atoms with E-state index >= 15 is 0 Å². The predicted octanol–water partition coefficient (Wildman–Crippen LogP) is 6.64. The first-order valence-electron chi connectivity index (χ1n) is 9.77. The molecule has 6 heteroatoms. The van der Waals surface area contributed by atoms with E-state index < -0.39 is 23.3 Å². The van der Waals surface area contributed by atoms with Crippen molar-refractivity contribution < 1.29 is 27.0 Å². The van der Waals surface area contributed by atoms with Crippen molar-refractivity contribution in [2.45, 2.75) is 38.5 Å². The topological polar surface area (TPSA) is 18.5 Å². The molecule has 0 atom stereocenters. The maximum absolute atomic E-state index is 14.4. The molecule has 29 heavy (non-hydrogen) atoms. The van der Waals surface area contributed by atoms with Crippen LogP contribution in [-0.4, -0.2) is 13.7 Å². The highest BCUT2D eigenvalue weighted by atomic mass is 19.2. The van der Waals surface area contributed by atoms with Crippen LogP contribution in [0.1, 0.15) is 49.7 Å². The molecule has 0 aliphatic heterocycles. The fraction of sp³-hybridized carbons (Fsp3) is 0.391. The third-order valence-corrected chi connectivity index (χ3v) is 5.43. The van der Waals surface area contributed by atoms with Gasteiger partial charge in [-0.3, -0.25) is 0 Å². The molecule has 2 aromatic carbocycles. The van der Waals surface area contributed by atoms with Gasteiger partial charge in [-0.05, 0) is 68.2 Å². The highest BCUT2D eigenvalue weighted by Crippen LogP contribution is 2.39. The van der Waals surface area contributed by atoms with Crippen LogP contribution in [0.15, 0.2) is 30.3 Å². The summed E-state index contributed by atoms with van der Waals surface area (Å²) in [6, 6.07) is 5.93. The van der Waals surface area contributed by atoms with E-state index in [1.807, 2.05) is 6.08 Å². The van der Waals surface area contributed by atoms with Crippen LogP contribution in [-0.2, 0) is 0 Å². The van der Waals surface area contributed by atoms with Gasteiger partial charge in [0.15, 0.2) is 23.1 Å². The summed E-state index contributed by atoms with van der Waals surface area (Å²) in [6.45, 7) is 1.98.